The Morgan fingerprint density at radius 3 is 2.57 bits per heavy atom. The number of hydrogen-bond donors (Lipinski definition) is 2. The second kappa shape index (κ2) is 5.47. The third-order valence-corrected chi connectivity index (χ3v) is 3.62. The molecule has 1 unspecified atom stereocenters. The molecule has 3 aromatic rings. The predicted molar refractivity (Wildman–Crippen MR) is 78.5 cm³/mol. The summed E-state index contributed by atoms with van der Waals surface area (Å²) in [6.45, 7) is 2.00. The van der Waals surface area contributed by atoms with Crippen LogP contribution in [-0.4, -0.2) is 24.8 Å². The standard InChI is InChI=1S/C14H17N7/c1-10-12(8-17-20(10)2)14(18-15)13-9-16-19-21(13)11-6-4-3-5-7-11/h3-9,14,18H,15H2,1-2H3. The lowest BCUT2D eigenvalue weighted by Gasteiger charge is -2.16. The van der Waals surface area contributed by atoms with Crippen molar-refractivity contribution in [3.8, 4) is 5.69 Å². The third kappa shape index (κ3) is 2.32. The molecular formula is C14H17N7. The zero-order valence-corrected chi connectivity index (χ0v) is 11.9. The molecule has 0 aliphatic rings. The summed E-state index contributed by atoms with van der Waals surface area (Å²) in [7, 11) is 1.90. The van der Waals surface area contributed by atoms with Gasteiger partial charge in [-0.15, -0.1) is 5.10 Å². The molecule has 108 valence electrons. The van der Waals surface area contributed by atoms with Crippen molar-refractivity contribution in [2.24, 2.45) is 12.9 Å². The summed E-state index contributed by atoms with van der Waals surface area (Å²) in [6, 6.07) is 9.60. The summed E-state index contributed by atoms with van der Waals surface area (Å²) in [5, 5.41) is 12.4. The molecule has 1 aromatic carbocycles. The van der Waals surface area contributed by atoms with Crippen molar-refractivity contribution in [1.82, 2.24) is 30.2 Å². The van der Waals surface area contributed by atoms with Gasteiger partial charge in [0, 0.05) is 18.3 Å². The van der Waals surface area contributed by atoms with E-state index in [4.69, 9.17) is 5.84 Å². The average molecular weight is 283 g/mol. The van der Waals surface area contributed by atoms with Crippen molar-refractivity contribution in [2.75, 3.05) is 0 Å². The highest BCUT2D eigenvalue weighted by atomic mass is 15.4. The monoisotopic (exact) mass is 283 g/mol. The average Bonchev–Trinajstić information content (AvgIpc) is 3.11. The van der Waals surface area contributed by atoms with Gasteiger partial charge in [-0.3, -0.25) is 10.5 Å². The molecule has 0 spiro atoms. The molecule has 0 aliphatic carbocycles. The van der Waals surface area contributed by atoms with Crippen molar-refractivity contribution in [3.05, 3.63) is 59.7 Å². The number of para-hydroxylation sites is 1. The van der Waals surface area contributed by atoms with Crippen LogP contribution in [0.2, 0.25) is 0 Å². The van der Waals surface area contributed by atoms with Crippen molar-refractivity contribution in [1.29, 1.82) is 0 Å². The SMILES string of the molecule is Cc1c(C(NN)c2cnnn2-c2ccccc2)cnn1C. The first kappa shape index (κ1) is 13.5. The maximum Gasteiger partial charge on any atom is 0.0932 e. The first-order chi connectivity index (χ1) is 10.2. The topological polar surface area (TPSA) is 86.6 Å². The summed E-state index contributed by atoms with van der Waals surface area (Å²) >= 11 is 0. The number of rotatable bonds is 4. The van der Waals surface area contributed by atoms with Gasteiger partial charge < -0.3 is 0 Å². The molecule has 0 bridgehead atoms. The number of aryl methyl sites for hydroxylation is 1. The second-order valence-electron chi connectivity index (χ2n) is 4.81. The minimum Gasteiger partial charge on any atom is -0.273 e. The molecule has 0 aliphatic heterocycles. The summed E-state index contributed by atoms with van der Waals surface area (Å²) < 4.78 is 3.59. The first-order valence-corrected chi connectivity index (χ1v) is 6.63. The van der Waals surface area contributed by atoms with E-state index in [1.54, 1.807) is 10.9 Å². The molecule has 21 heavy (non-hydrogen) atoms. The van der Waals surface area contributed by atoms with Crippen LogP contribution >= 0.6 is 0 Å². The lowest BCUT2D eigenvalue weighted by Crippen LogP contribution is -2.30. The number of nitrogens with two attached hydrogens (primary N) is 1. The van der Waals surface area contributed by atoms with E-state index in [1.807, 2.05) is 55.2 Å². The van der Waals surface area contributed by atoms with Crippen LogP contribution in [0.25, 0.3) is 5.69 Å². The molecule has 7 heteroatoms. The van der Waals surface area contributed by atoms with E-state index in [0.717, 1.165) is 22.6 Å². The molecule has 2 aromatic heterocycles. The Hall–Kier alpha value is -2.51. The Bertz CT molecular complexity index is 729. The van der Waals surface area contributed by atoms with E-state index in [9.17, 15) is 0 Å². The molecule has 7 nitrogen and oxygen atoms in total. The van der Waals surface area contributed by atoms with E-state index >= 15 is 0 Å². The van der Waals surface area contributed by atoms with Gasteiger partial charge in [-0.05, 0) is 19.1 Å². The normalized spacial score (nSPS) is 12.5. The number of hydrogen-bond acceptors (Lipinski definition) is 5. The number of nitrogens with one attached hydrogen (secondary N) is 1. The maximum absolute atomic E-state index is 5.77. The van der Waals surface area contributed by atoms with E-state index < -0.39 is 0 Å². The molecule has 0 radical (unpaired) electrons. The highest BCUT2D eigenvalue weighted by molar-refractivity contribution is 5.35. The van der Waals surface area contributed by atoms with E-state index in [1.165, 1.54) is 0 Å². The Balaban J connectivity index is 2.07. The van der Waals surface area contributed by atoms with Crippen molar-refractivity contribution < 1.29 is 0 Å². The van der Waals surface area contributed by atoms with E-state index in [-0.39, 0.29) is 6.04 Å². The second-order valence-corrected chi connectivity index (χ2v) is 4.81. The minimum absolute atomic E-state index is 0.228. The van der Waals surface area contributed by atoms with Gasteiger partial charge in [0.1, 0.15) is 0 Å². The minimum atomic E-state index is -0.228. The number of hydrazine groups is 1. The summed E-state index contributed by atoms with van der Waals surface area (Å²) in [5.41, 5.74) is 6.67. The van der Waals surface area contributed by atoms with E-state index in [2.05, 4.69) is 20.8 Å². The number of benzene rings is 1. The van der Waals surface area contributed by atoms with Crippen molar-refractivity contribution >= 4 is 0 Å². The summed E-state index contributed by atoms with van der Waals surface area (Å²) in [6.07, 6.45) is 3.52. The highest BCUT2D eigenvalue weighted by Gasteiger charge is 2.22. The van der Waals surface area contributed by atoms with Crippen molar-refractivity contribution in [2.45, 2.75) is 13.0 Å². The van der Waals surface area contributed by atoms with Crippen LogP contribution in [0.5, 0.6) is 0 Å². The zero-order chi connectivity index (χ0) is 14.8. The quantitative estimate of drug-likeness (QED) is 0.548. The van der Waals surface area contributed by atoms with Crippen LogP contribution in [0.4, 0.5) is 0 Å². The number of nitrogens with zero attached hydrogens (tertiary/aromatic N) is 5. The van der Waals surface area contributed by atoms with Gasteiger partial charge in [-0.2, -0.15) is 5.10 Å². The Morgan fingerprint density at radius 2 is 1.95 bits per heavy atom. The predicted octanol–water partition coefficient (Wildman–Crippen LogP) is 0.862. The van der Waals surface area contributed by atoms with Crippen LogP contribution in [0, 0.1) is 6.92 Å². The molecule has 3 rings (SSSR count). The Kier molecular flexibility index (Phi) is 3.51. The molecule has 0 fully saturated rings. The molecule has 1 atom stereocenters. The molecular weight excluding hydrogens is 266 g/mol. The fourth-order valence-electron chi connectivity index (χ4n) is 2.34. The maximum atomic E-state index is 5.77. The Labute approximate surface area is 122 Å². The van der Waals surface area contributed by atoms with Crippen LogP contribution in [-0.2, 0) is 7.05 Å². The smallest absolute Gasteiger partial charge is 0.0932 e. The molecule has 3 N–H and O–H groups in total. The fraction of sp³-hybridized carbons (Fsp3) is 0.214. The van der Waals surface area contributed by atoms with Gasteiger partial charge in [0.2, 0.25) is 0 Å². The van der Waals surface area contributed by atoms with Gasteiger partial charge >= 0.3 is 0 Å². The highest BCUT2D eigenvalue weighted by Crippen LogP contribution is 2.24. The van der Waals surface area contributed by atoms with Gasteiger partial charge in [-0.1, -0.05) is 23.4 Å². The summed E-state index contributed by atoms with van der Waals surface area (Å²) in [4.78, 5) is 0. The third-order valence-electron chi connectivity index (χ3n) is 3.62. The lowest BCUT2D eigenvalue weighted by molar-refractivity contribution is 0.591. The molecule has 0 amide bonds. The largest absolute Gasteiger partial charge is 0.273 e. The summed E-state index contributed by atoms with van der Waals surface area (Å²) in [5.74, 6) is 5.77. The lowest BCUT2D eigenvalue weighted by atomic mass is 10.1. The Morgan fingerprint density at radius 1 is 1.19 bits per heavy atom. The van der Waals surface area contributed by atoms with Gasteiger partial charge in [-0.25, -0.2) is 10.1 Å². The van der Waals surface area contributed by atoms with Crippen LogP contribution < -0.4 is 11.3 Å². The van der Waals surface area contributed by atoms with E-state index in [0.29, 0.717) is 0 Å². The molecule has 2 heterocycles. The van der Waals surface area contributed by atoms with Gasteiger partial charge in [0.15, 0.2) is 0 Å². The van der Waals surface area contributed by atoms with Crippen LogP contribution in [0.15, 0.2) is 42.7 Å². The van der Waals surface area contributed by atoms with Crippen LogP contribution in [0.1, 0.15) is 23.0 Å². The first-order valence-electron chi connectivity index (χ1n) is 6.63. The fourth-order valence-corrected chi connectivity index (χ4v) is 2.34. The van der Waals surface area contributed by atoms with Crippen LogP contribution in [0.3, 0.4) is 0 Å². The molecule has 0 saturated heterocycles. The number of aromatic nitrogens is 5. The van der Waals surface area contributed by atoms with Crippen molar-refractivity contribution in [3.63, 3.8) is 0 Å². The zero-order valence-electron chi connectivity index (χ0n) is 11.9. The van der Waals surface area contributed by atoms with Gasteiger partial charge in [0.05, 0.1) is 29.8 Å². The van der Waals surface area contributed by atoms with Gasteiger partial charge in [0.25, 0.3) is 0 Å². The molecule has 0 saturated carbocycles.